The first-order chi connectivity index (χ1) is 10.8. The van der Waals surface area contributed by atoms with Gasteiger partial charge < -0.3 is 14.5 Å². The molecule has 0 amide bonds. The van der Waals surface area contributed by atoms with E-state index in [0.717, 1.165) is 43.0 Å². The molecule has 0 aliphatic carbocycles. The van der Waals surface area contributed by atoms with E-state index in [1.54, 1.807) is 7.11 Å². The van der Waals surface area contributed by atoms with Gasteiger partial charge in [0.15, 0.2) is 11.5 Å². The lowest BCUT2D eigenvalue weighted by Gasteiger charge is -2.34. The fourth-order valence-corrected chi connectivity index (χ4v) is 3.06. The van der Waals surface area contributed by atoms with Crippen molar-refractivity contribution in [2.75, 3.05) is 45.2 Å². The molecule has 0 unspecified atom stereocenters. The molecule has 0 spiro atoms. The van der Waals surface area contributed by atoms with Crippen LogP contribution < -0.4 is 9.57 Å². The van der Waals surface area contributed by atoms with Crippen molar-refractivity contribution in [1.82, 2.24) is 9.96 Å². The zero-order chi connectivity index (χ0) is 15.6. The van der Waals surface area contributed by atoms with E-state index in [9.17, 15) is 0 Å². The minimum Gasteiger partial charge on any atom is -0.493 e. The molecule has 0 bridgehead atoms. The van der Waals surface area contributed by atoms with Crippen LogP contribution >= 0.6 is 15.9 Å². The van der Waals surface area contributed by atoms with Gasteiger partial charge in [-0.2, -0.15) is 0 Å². The van der Waals surface area contributed by atoms with Crippen molar-refractivity contribution in [3.05, 3.63) is 24.3 Å². The minimum atomic E-state index is 0.789. The molecule has 0 radical (unpaired) electrons. The number of methoxy groups -OCH3 is 1. The molecule has 4 nitrogen and oxygen atoms in total. The van der Waals surface area contributed by atoms with Gasteiger partial charge in [-0.3, -0.25) is 0 Å². The fourth-order valence-electron chi connectivity index (χ4n) is 2.66. The lowest BCUT2D eigenvalue weighted by molar-refractivity contribution is -0.0898. The second-order valence-electron chi connectivity index (χ2n) is 5.62. The molecule has 1 aromatic rings. The van der Waals surface area contributed by atoms with Crippen molar-refractivity contribution in [1.29, 1.82) is 0 Å². The number of unbranched alkanes of at least 4 members (excludes halogenated alkanes) is 3. The molecule has 0 saturated carbocycles. The number of hydrogen-bond donors (Lipinski definition) is 0. The molecule has 1 aromatic carbocycles. The van der Waals surface area contributed by atoms with E-state index in [1.807, 2.05) is 29.3 Å². The minimum absolute atomic E-state index is 0.789. The van der Waals surface area contributed by atoms with Crippen LogP contribution in [0.1, 0.15) is 25.7 Å². The molecule has 1 heterocycles. The Labute approximate surface area is 142 Å². The number of para-hydroxylation sites is 2. The van der Waals surface area contributed by atoms with Crippen molar-refractivity contribution in [3.63, 3.8) is 0 Å². The Morgan fingerprint density at radius 2 is 1.64 bits per heavy atom. The van der Waals surface area contributed by atoms with E-state index < -0.39 is 0 Å². The number of benzene rings is 1. The molecule has 124 valence electrons. The van der Waals surface area contributed by atoms with Crippen molar-refractivity contribution in [2.45, 2.75) is 25.7 Å². The quantitative estimate of drug-likeness (QED) is 0.490. The number of halogens is 1. The van der Waals surface area contributed by atoms with E-state index >= 15 is 0 Å². The zero-order valence-electron chi connectivity index (χ0n) is 13.5. The predicted octanol–water partition coefficient (Wildman–Crippen LogP) is 3.56. The summed E-state index contributed by atoms with van der Waals surface area (Å²) in [6.07, 6.45) is 5.27. The van der Waals surface area contributed by atoms with Gasteiger partial charge in [0.05, 0.1) is 7.11 Å². The number of rotatable bonds is 9. The molecule has 0 aromatic heterocycles. The van der Waals surface area contributed by atoms with Gasteiger partial charge in [-0.05, 0) is 31.5 Å². The Bertz CT molecular complexity index is 423. The lowest BCUT2D eigenvalue weighted by Crippen LogP contribution is -2.47. The number of alkyl halides is 1. The highest BCUT2D eigenvalue weighted by atomic mass is 79.9. The monoisotopic (exact) mass is 370 g/mol. The van der Waals surface area contributed by atoms with Crippen LogP contribution in [0, 0.1) is 0 Å². The van der Waals surface area contributed by atoms with Crippen LogP contribution in [-0.2, 0) is 0 Å². The van der Waals surface area contributed by atoms with Crippen LogP contribution in [0.25, 0.3) is 0 Å². The second-order valence-corrected chi connectivity index (χ2v) is 6.41. The maximum Gasteiger partial charge on any atom is 0.189 e. The Balaban J connectivity index is 1.66. The first kappa shape index (κ1) is 17.6. The SMILES string of the molecule is COc1ccccc1ON1CCN(CCCCCCBr)CC1. The van der Waals surface area contributed by atoms with Gasteiger partial charge in [0.1, 0.15) is 0 Å². The van der Waals surface area contributed by atoms with E-state index in [0.29, 0.717) is 0 Å². The number of hydroxylamine groups is 2. The average Bonchev–Trinajstić information content (AvgIpc) is 2.57. The average molecular weight is 371 g/mol. The highest BCUT2D eigenvalue weighted by Gasteiger charge is 2.18. The molecule has 0 N–H and O–H groups in total. The smallest absolute Gasteiger partial charge is 0.189 e. The molecule has 1 fully saturated rings. The van der Waals surface area contributed by atoms with Crippen LogP contribution in [-0.4, -0.2) is 55.1 Å². The first-order valence-electron chi connectivity index (χ1n) is 8.17. The third kappa shape index (κ3) is 5.78. The van der Waals surface area contributed by atoms with Gasteiger partial charge in [-0.15, -0.1) is 5.06 Å². The van der Waals surface area contributed by atoms with E-state index in [1.165, 1.54) is 32.2 Å². The Morgan fingerprint density at radius 1 is 0.955 bits per heavy atom. The summed E-state index contributed by atoms with van der Waals surface area (Å²) in [6.45, 7) is 5.25. The summed E-state index contributed by atoms with van der Waals surface area (Å²) in [5, 5.41) is 3.17. The van der Waals surface area contributed by atoms with Crippen molar-refractivity contribution in [2.24, 2.45) is 0 Å². The number of piperazine rings is 1. The van der Waals surface area contributed by atoms with Gasteiger partial charge >= 0.3 is 0 Å². The van der Waals surface area contributed by atoms with E-state index in [-0.39, 0.29) is 0 Å². The topological polar surface area (TPSA) is 24.9 Å². The first-order valence-corrected chi connectivity index (χ1v) is 9.30. The van der Waals surface area contributed by atoms with Gasteiger partial charge in [-0.25, -0.2) is 0 Å². The van der Waals surface area contributed by atoms with Crippen molar-refractivity contribution >= 4 is 15.9 Å². The largest absolute Gasteiger partial charge is 0.493 e. The van der Waals surface area contributed by atoms with Crippen LogP contribution in [0.15, 0.2) is 24.3 Å². The molecule has 1 saturated heterocycles. The van der Waals surface area contributed by atoms with Crippen LogP contribution in [0.3, 0.4) is 0 Å². The van der Waals surface area contributed by atoms with Crippen LogP contribution in [0.4, 0.5) is 0 Å². The molecule has 1 aliphatic rings. The molecule has 0 atom stereocenters. The van der Waals surface area contributed by atoms with Gasteiger partial charge in [0.2, 0.25) is 0 Å². The lowest BCUT2D eigenvalue weighted by atomic mass is 10.2. The van der Waals surface area contributed by atoms with E-state index in [4.69, 9.17) is 9.57 Å². The summed E-state index contributed by atoms with van der Waals surface area (Å²) < 4.78 is 5.33. The van der Waals surface area contributed by atoms with E-state index in [2.05, 4.69) is 20.8 Å². The number of ether oxygens (including phenoxy) is 1. The summed E-state index contributed by atoms with van der Waals surface area (Å²) in [5.74, 6) is 1.59. The van der Waals surface area contributed by atoms with Gasteiger partial charge in [0.25, 0.3) is 0 Å². The van der Waals surface area contributed by atoms with Gasteiger partial charge in [-0.1, -0.05) is 40.9 Å². The van der Waals surface area contributed by atoms with Gasteiger partial charge in [0, 0.05) is 31.5 Å². The maximum atomic E-state index is 5.96. The molecule has 2 rings (SSSR count). The van der Waals surface area contributed by atoms with Crippen LogP contribution in [0.5, 0.6) is 11.5 Å². The maximum absolute atomic E-state index is 5.96. The second kappa shape index (κ2) is 10.1. The molecule has 22 heavy (non-hydrogen) atoms. The van der Waals surface area contributed by atoms with Crippen LogP contribution in [0.2, 0.25) is 0 Å². The summed E-state index contributed by atoms with van der Waals surface area (Å²) in [7, 11) is 1.68. The Morgan fingerprint density at radius 3 is 2.32 bits per heavy atom. The number of nitrogens with zero attached hydrogens (tertiary/aromatic N) is 2. The van der Waals surface area contributed by atoms with Crippen molar-refractivity contribution in [3.8, 4) is 11.5 Å². The highest BCUT2D eigenvalue weighted by Crippen LogP contribution is 2.26. The standard InChI is InChI=1S/C17H27BrN2O2/c1-21-16-8-4-5-9-17(16)22-20-14-12-19(13-15-20)11-7-3-2-6-10-18/h4-5,8-9H,2-3,6-7,10-15H2,1H3. The predicted molar refractivity (Wildman–Crippen MR) is 93.9 cm³/mol. The zero-order valence-corrected chi connectivity index (χ0v) is 15.1. The third-order valence-electron chi connectivity index (χ3n) is 3.99. The molecule has 5 heteroatoms. The highest BCUT2D eigenvalue weighted by molar-refractivity contribution is 9.09. The summed E-state index contributed by atoms with van der Waals surface area (Å²) in [6, 6.07) is 7.81. The summed E-state index contributed by atoms with van der Waals surface area (Å²) in [4.78, 5) is 8.50. The third-order valence-corrected chi connectivity index (χ3v) is 4.55. The molecular formula is C17H27BrN2O2. The molecule has 1 aliphatic heterocycles. The Kier molecular flexibility index (Phi) is 8.05. The summed E-state index contributed by atoms with van der Waals surface area (Å²) in [5.41, 5.74) is 0. The summed E-state index contributed by atoms with van der Waals surface area (Å²) >= 11 is 3.48. The fraction of sp³-hybridized carbons (Fsp3) is 0.647. The normalized spacial score (nSPS) is 16.6. The number of hydrogen-bond acceptors (Lipinski definition) is 4. The molecular weight excluding hydrogens is 344 g/mol. The Hall–Kier alpha value is -0.780. The van der Waals surface area contributed by atoms with Crippen molar-refractivity contribution < 1.29 is 9.57 Å².